The van der Waals surface area contributed by atoms with Crippen LogP contribution >= 0.6 is 15.9 Å². The van der Waals surface area contributed by atoms with Crippen LogP contribution in [0.4, 0.5) is 0 Å². The van der Waals surface area contributed by atoms with Gasteiger partial charge in [0.1, 0.15) is 0 Å². The highest BCUT2D eigenvalue weighted by Gasteiger charge is 2.44. The largest absolute Gasteiger partial charge is 0.412 e. The van der Waals surface area contributed by atoms with E-state index < -0.39 is 14.4 Å². The minimum atomic E-state index is -1.99. The molecule has 0 aromatic carbocycles. The molecule has 0 aromatic rings. The molecule has 0 aromatic heterocycles. The van der Waals surface area contributed by atoms with Crippen molar-refractivity contribution in [2.75, 3.05) is 0 Å². The maximum absolute atomic E-state index is 9.90. The number of hydrogen-bond donors (Lipinski definition) is 1. The van der Waals surface area contributed by atoms with Gasteiger partial charge in [-0.25, -0.2) is 0 Å². The molecular formula is C12H22BrN3O2Si. The molecule has 1 aliphatic rings. The number of aliphatic hydroxyl groups is 1. The lowest BCUT2D eigenvalue weighted by Gasteiger charge is -2.43. The number of hydrogen-bond acceptors (Lipinski definition) is 3. The molecule has 0 amide bonds. The zero-order valence-electron chi connectivity index (χ0n) is 12.0. The minimum Gasteiger partial charge on any atom is -0.412 e. The van der Waals surface area contributed by atoms with Crippen molar-refractivity contribution in [3.63, 3.8) is 0 Å². The summed E-state index contributed by atoms with van der Waals surface area (Å²) in [6.45, 7) is 10.7. The number of nitrogens with zero attached hydrogens (tertiary/aromatic N) is 3. The van der Waals surface area contributed by atoms with Crippen molar-refractivity contribution in [3.05, 3.63) is 22.6 Å². The molecule has 0 fully saturated rings. The van der Waals surface area contributed by atoms with Gasteiger partial charge >= 0.3 is 0 Å². The lowest BCUT2D eigenvalue weighted by molar-refractivity contribution is 0.103. The van der Waals surface area contributed by atoms with Crippen molar-refractivity contribution >= 4 is 24.2 Å². The van der Waals surface area contributed by atoms with Crippen LogP contribution in [0.3, 0.4) is 0 Å². The van der Waals surface area contributed by atoms with Gasteiger partial charge in [0, 0.05) is 4.91 Å². The van der Waals surface area contributed by atoms with E-state index in [4.69, 9.17) is 9.96 Å². The number of aliphatic hydroxyl groups excluding tert-OH is 1. The van der Waals surface area contributed by atoms with Crippen LogP contribution in [0.2, 0.25) is 18.1 Å². The summed E-state index contributed by atoms with van der Waals surface area (Å²) in [5.41, 5.74) is 8.65. The average Bonchev–Trinajstić information content (AvgIpc) is 2.27. The monoisotopic (exact) mass is 347 g/mol. The van der Waals surface area contributed by atoms with E-state index >= 15 is 0 Å². The quantitative estimate of drug-likeness (QED) is 0.211. The van der Waals surface area contributed by atoms with E-state index in [2.05, 4.69) is 59.8 Å². The molecule has 19 heavy (non-hydrogen) atoms. The molecule has 1 aliphatic carbocycles. The molecule has 108 valence electrons. The normalized spacial score (nSPS) is 31.9. The first-order chi connectivity index (χ1) is 8.60. The summed E-state index contributed by atoms with van der Waals surface area (Å²) >= 11 is 3.46. The van der Waals surface area contributed by atoms with Crippen molar-refractivity contribution in [1.29, 1.82) is 0 Å². The van der Waals surface area contributed by atoms with Crippen LogP contribution in [-0.2, 0) is 4.43 Å². The molecule has 0 bridgehead atoms. The van der Waals surface area contributed by atoms with Gasteiger partial charge in [-0.3, -0.25) is 0 Å². The molecule has 0 spiro atoms. The fraction of sp³-hybridized carbons (Fsp3) is 0.833. The standard InChI is InChI=1S/C12H22BrN3O2Si/c1-12(2,3)19(4,5)18-11-8(15-16-14)6-7-9(17)10(11)13/h6-11,17H,1-5H3/t8-,9+,10+,11+/m1/s1. The van der Waals surface area contributed by atoms with Gasteiger partial charge < -0.3 is 9.53 Å². The van der Waals surface area contributed by atoms with Crippen LogP contribution in [0.1, 0.15) is 20.8 Å². The average molecular weight is 348 g/mol. The summed E-state index contributed by atoms with van der Waals surface area (Å²) in [6.07, 6.45) is 2.40. The molecule has 1 rings (SSSR count). The molecule has 0 saturated carbocycles. The molecule has 7 heteroatoms. The van der Waals surface area contributed by atoms with Crippen LogP contribution in [0.15, 0.2) is 17.3 Å². The van der Waals surface area contributed by atoms with Crippen molar-refractivity contribution in [3.8, 4) is 0 Å². The summed E-state index contributed by atoms with van der Waals surface area (Å²) in [5.74, 6) is 0. The zero-order valence-corrected chi connectivity index (χ0v) is 14.6. The van der Waals surface area contributed by atoms with Crippen molar-refractivity contribution in [2.24, 2.45) is 5.11 Å². The topological polar surface area (TPSA) is 78.2 Å². The lowest BCUT2D eigenvalue weighted by Crippen LogP contribution is -2.52. The first-order valence-electron chi connectivity index (χ1n) is 6.32. The van der Waals surface area contributed by atoms with Gasteiger partial charge in [0.15, 0.2) is 8.32 Å². The van der Waals surface area contributed by atoms with Gasteiger partial charge in [-0.05, 0) is 23.7 Å². The van der Waals surface area contributed by atoms with E-state index in [1.54, 1.807) is 12.2 Å². The minimum absolute atomic E-state index is 0.0622. The van der Waals surface area contributed by atoms with E-state index in [1.165, 1.54) is 0 Å². The Morgan fingerprint density at radius 3 is 2.42 bits per heavy atom. The van der Waals surface area contributed by atoms with Crippen LogP contribution < -0.4 is 0 Å². The number of alkyl halides is 1. The second kappa shape index (κ2) is 5.97. The fourth-order valence-electron chi connectivity index (χ4n) is 1.64. The number of rotatable bonds is 3. The summed E-state index contributed by atoms with van der Waals surface area (Å²) < 4.78 is 6.31. The highest BCUT2D eigenvalue weighted by Crippen LogP contribution is 2.39. The molecule has 0 heterocycles. The highest BCUT2D eigenvalue weighted by atomic mass is 79.9. The predicted molar refractivity (Wildman–Crippen MR) is 82.9 cm³/mol. The first kappa shape index (κ1) is 16.7. The predicted octanol–water partition coefficient (Wildman–Crippen LogP) is 3.75. The van der Waals surface area contributed by atoms with Crippen LogP contribution in [-0.4, -0.2) is 36.5 Å². The Bertz CT molecular complexity index is 402. The highest BCUT2D eigenvalue weighted by molar-refractivity contribution is 9.09. The van der Waals surface area contributed by atoms with E-state index in [1.807, 2.05) is 0 Å². The Morgan fingerprint density at radius 1 is 1.37 bits per heavy atom. The molecule has 0 saturated heterocycles. The Balaban J connectivity index is 3.01. The summed E-state index contributed by atoms with van der Waals surface area (Å²) in [6, 6.07) is -0.383. The molecule has 5 nitrogen and oxygen atoms in total. The maximum Gasteiger partial charge on any atom is 0.192 e. The van der Waals surface area contributed by atoms with Crippen molar-refractivity contribution in [2.45, 2.75) is 62.0 Å². The van der Waals surface area contributed by atoms with Gasteiger partial charge in [0.05, 0.1) is 23.1 Å². The summed E-state index contributed by atoms with van der Waals surface area (Å²) in [7, 11) is -1.99. The molecule has 0 radical (unpaired) electrons. The molecule has 4 atom stereocenters. The van der Waals surface area contributed by atoms with Crippen LogP contribution in [0, 0.1) is 0 Å². The van der Waals surface area contributed by atoms with E-state index in [0.29, 0.717) is 0 Å². The van der Waals surface area contributed by atoms with Crippen molar-refractivity contribution in [1.82, 2.24) is 0 Å². The van der Waals surface area contributed by atoms with Gasteiger partial charge in [-0.2, -0.15) is 0 Å². The third kappa shape index (κ3) is 3.83. The van der Waals surface area contributed by atoms with Crippen LogP contribution in [0.25, 0.3) is 10.4 Å². The Morgan fingerprint density at radius 2 is 1.95 bits per heavy atom. The van der Waals surface area contributed by atoms with E-state index in [0.717, 1.165) is 0 Å². The number of halogens is 1. The van der Waals surface area contributed by atoms with E-state index in [9.17, 15) is 5.11 Å². The number of azide groups is 1. The smallest absolute Gasteiger partial charge is 0.192 e. The Hall–Kier alpha value is -0.333. The van der Waals surface area contributed by atoms with Gasteiger partial charge in [0.25, 0.3) is 0 Å². The molecule has 0 unspecified atom stereocenters. The molecule has 1 N–H and O–H groups in total. The summed E-state index contributed by atoms with van der Waals surface area (Å²) in [4.78, 5) is 2.61. The third-order valence-electron chi connectivity index (χ3n) is 3.90. The van der Waals surface area contributed by atoms with Gasteiger partial charge in [0.2, 0.25) is 0 Å². The fourth-order valence-corrected chi connectivity index (χ4v) is 3.76. The first-order valence-corrected chi connectivity index (χ1v) is 10.1. The SMILES string of the molecule is CC(C)(C)[Si](C)(C)O[C@@H]1[C@@H](Br)[C@@H](O)C=C[C@H]1N=[N+]=[N-]. The zero-order chi connectivity index (χ0) is 14.8. The van der Waals surface area contributed by atoms with Crippen LogP contribution in [0.5, 0.6) is 0 Å². The molecule has 0 aliphatic heterocycles. The lowest BCUT2D eigenvalue weighted by atomic mass is 9.98. The summed E-state index contributed by atoms with van der Waals surface area (Å²) in [5, 5.41) is 13.7. The van der Waals surface area contributed by atoms with Gasteiger partial charge in [-0.1, -0.05) is 54.0 Å². The second-order valence-electron chi connectivity index (χ2n) is 6.36. The Kier molecular flexibility index (Phi) is 5.26. The third-order valence-corrected chi connectivity index (χ3v) is 9.44. The van der Waals surface area contributed by atoms with E-state index in [-0.39, 0.29) is 22.0 Å². The van der Waals surface area contributed by atoms with Crippen molar-refractivity contribution < 1.29 is 9.53 Å². The second-order valence-corrected chi connectivity index (χ2v) is 12.2. The molecular weight excluding hydrogens is 326 g/mol. The Labute approximate surface area is 123 Å². The van der Waals surface area contributed by atoms with Gasteiger partial charge in [-0.15, -0.1) is 0 Å². The maximum atomic E-state index is 9.90.